The van der Waals surface area contributed by atoms with Crippen LogP contribution in [0.4, 0.5) is 11.4 Å². The first-order chi connectivity index (χ1) is 13.1. The second kappa shape index (κ2) is 9.10. The van der Waals surface area contributed by atoms with Gasteiger partial charge in [0, 0.05) is 46.3 Å². The molecule has 0 spiro atoms. The van der Waals surface area contributed by atoms with E-state index in [0.29, 0.717) is 6.61 Å². The largest absolute Gasteiger partial charge is 0.492 e. The van der Waals surface area contributed by atoms with Crippen molar-refractivity contribution in [3.63, 3.8) is 0 Å². The molecule has 0 aliphatic carbocycles. The lowest BCUT2D eigenvalue weighted by molar-refractivity contribution is 0.267. The summed E-state index contributed by atoms with van der Waals surface area (Å²) in [6.45, 7) is 7.91. The van der Waals surface area contributed by atoms with E-state index in [2.05, 4.69) is 20.2 Å². The number of hydrogen-bond donors (Lipinski definition) is 1. The maximum Gasteiger partial charge on any atom is 0.287 e. The Balaban J connectivity index is 1.49. The molecule has 0 unspecified atom stereocenters. The van der Waals surface area contributed by atoms with Gasteiger partial charge in [0.25, 0.3) is 5.56 Å². The van der Waals surface area contributed by atoms with Crippen LogP contribution in [0.15, 0.2) is 35.3 Å². The van der Waals surface area contributed by atoms with E-state index in [1.165, 1.54) is 4.68 Å². The number of aryl methyl sites for hydroxylation is 1. The molecular weight excluding hydrogens is 366 g/mol. The predicted molar refractivity (Wildman–Crippen MR) is 109 cm³/mol. The van der Waals surface area contributed by atoms with Gasteiger partial charge in [0.2, 0.25) is 0 Å². The van der Waals surface area contributed by atoms with Crippen LogP contribution in [0.2, 0.25) is 5.02 Å². The van der Waals surface area contributed by atoms with Crippen LogP contribution in [-0.4, -0.2) is 60.6 Å². The average molecular weight is 392 g/mol. The highest BCUT2D eigenvalue weighted by Gasteiger charge is 2.20. The number of piperazine rings is 1. The standard InChI is InChI=1S/C19H26ClN5O2/c1-3-27-17-7-5-4-6-15(17)21-8-9-24-10-12-25(13-11-24)16-14-22-23(2)19(26)18(16)20/h4-7,14,21H,3,8-13H2,1-2H3. The van der Waals surface area contributed by atoms with Crippen molar-refractivity contribution in [3.8, 4) is 5.75 Å². The molecule has 1 aromatic carbocycles. The summed E-state index contributed by atoms with van der Waals surface area (Å²) in [4.78, 5) is 16.5. The third-order valence-corrected chi connectivity index (χ3v) is 5.06. The highest BCUT2D eigenvalue weighted by atomic mass is 35.5. The van der Waals surface area contributed by atoms with Crippen molar-refractivity contribution in [2.75, 3.05) is 56.1 Å². The summed E-state index contributed by atoms with van der Waals surface area (Å²) in [5.74, 6) is 0.887. The lowest BCUT2D eigenvalue weighted by Crippen LogP contribution is -2.48. The number of rotatable bonds is 7. The molecule has 0 radical (unpaired) electrons. The maximum absolute atomic E-state index is 12.0. The number of hydrogen-bond acceptors (Lipinski definition) is 6. The van der Waals surface area contributed by atoms with E-state index >= 15 is 0 Å². The fraction of sp³-hybridized carbons (Fsp3) is 0.474. The normalized spacial score (nSPS) is 15.0. The Bertz CT molecular complexity index is 818. The van der Waals surface area contributed by atoms with Gasteiger partial charge in [0.15, 0.2) is 0 Å². The minimum absolute atomic E-state index is 0.246. The SMILES string of the molecule is CCOc1ccccc1NCCN1CCN(c2cnn(C)c(=O)c2Cl)CC1. The van der Waals surface area contributed by atoms with Gasteiger partial charge in [0.05, 0.1) is 24.2 Å². The number of anilines is 2. The third-order valence-electron chi connectivity index (χ3n) is 4.70. The molecule has 0 bridgehead atoms. The third kappa shape index (κ3) is 4.73. The zero-order valence-corrected chi connectivity index (χ0v) is 16.6. The Morgan fingerprint density at radius 3 is 2.70 bits per heavy atom. The molecule has 0 saturated carbocycles. The van der Waals surface area contributed by atoms with Gasteiger partial charge in [-0.25, -0.2) is 4.68 Å². The fourth-order valence-electron chi connectivity index (χ4n) is 3.18. The Morgan fingerprint density at radius 1 is 1.22 bits per heavy atom. The quantitative estimate of drug-likeness (QED) is 0.779. The van der Waals surface area contributed by atoms with Gasteiger partial charge < -0.3 is 15.0 Å². The maximum atomic E-state index is 12.0. The second-order valence-electron chi connectivity index (χ2n) is 6.46. The number of halogens is 1. The van der Waals surface area contributed by atoms with Gasteiger partial charge in [-0.05, 0) is 19.1 Å². The van der Waals surface area contributed by atoms with Crippen molar-refractivity contribution >= 4 is 23.0 Å². The van der Waals surface area contributed by atoms with E-state index in [0.717, 1.165) is 56.4 Å². The monoisotopic (exact) mass is 391 g/mol. The Kier molecular flexibility index (Phi) is 6.58. The summed E-state index contributed by atoms with van der Waals surface area (Å²) in [5, 5.41) is 7.78. The number of ether oxygens (including phenoxy) is 1. The summed E-state index contributed by atoms with van der Waals surface area (Å²) >= 11 is 6.21. The highest BCUT2D eigenvalue weighted by molar-refractivity contribution is 6.33. The van der Waals surface area contributed by atoms with Crippen LogP contribution >= 0.6 is 11.6 Å². The molecule has 1 fully saturated rings. The van der Waals surface area contributed by atoms with E-state index in [1.54, 1.807) is 13.2 Å². The Morgan fingerprint density at radius 2 is 1.96 bits per heavy atom. The summed E-state index contributed by atoms with van der Waals surface area (Å²) in [6, 6.07) is 8.00. The van der Waals surface area contributed by atoms with Gasteiger partial charge in [-0.1, -0.05) is 23.7 Å². The van der Waals surface area contributed by atoms with Gasteiger partial charge >= 0.3 is 0 Å². The van der Waals surface area contributed by atoms with E-state index in [9.17, 15) is 4.79 Å². The first-order valence-electron chi connectivity index (χ1n) is 9.25. The lowest BCUT2D eigenvalue weighted by atomic mass is 10.2. The average Bonchev–Trinajstić information content (AvgIpc) is 2.69. The van der Waals surface area contributed by atoms with Crippen LogP contribution in [0.25, 0.3) is 0 Å². The fourth-order valence-corrected chi connectivity index (χ4v) is 3.47. The van der Waals surface area contributed by atoms with Gasteiger partial charge in [-0.2, -0.15) is 5.10 Å². The molecule has 7 nitrogen and oxygen atoms in total. The molecule has 2 heterocycles. The molecular formula is C19H26ClN5O2. The van der Waals surface area contributed by atoms with Gasteiger partial charge in [0.1, 0.15) is 10.8 Å². The number of nitrogens with zero attached hydrogens (tertiary/aromatic N) is 4. The molecule has 3 rings (SSSR count). The molecule has 0 atom stereocenters. The molecule has 1 aromatic heterocycles. The van der Waals surface area contributed by atoms with Crippen LogP contribution in [0, 0.1) is 0 Å². The molecule has 8 heteroatoms. The Hall–Kier alpha value is -2.25. The van der Waals surface area contributed by atoms with Crippen LogP contribution in [0.3, 0.4) is 0 Å². The first kappa shape index (κ1) is 19.5. The van der Waals surface area contributed by atoms with Crippen molar-refractivity contribution in [2.24, 2.45) is 7.05 Å². The van der Waals surface area contributed by atoms with E-state index in [4.69, 9.17) is 16.3 Å². The Labute approximate surface area is 164 Å². The topological polar surface area (TPSA) is 62.6 Å². The van der Waals surface area contributed by atoms with Gasteiger partial charge in [-0.3, -0.25) is 9.69 Å². The minimum atomic E-state index is -0.256. The van der Waals surface area contributed by atoms with Crippen molar-refractivity contribution in [1.29, 1.82) is 0 Å². The summed E-state index contributed by atoms with van der Waals surface area (Å²) in [6.07, 6.45) is 1.67. The first-order valence-corrected chi connectivity index (χ1v) is 9.62. The summed E-state index contributed by atoms with van der Waals surface area (Å²) in [5.41, 5.74) is 1.49. The minimum Gasteiger partial charge on any atom is -0.492 e. The molecule has 0 amide bonds. The highest BCUT2D eigenvalue weighted by Crippen LogP contribution is 2.24. The van der Waals surface area contributed by atoms with Crippen molar-refractivity contribution in [3.05, 3.63) is 45.8 Å². The molecule has 146 valence electrons. The summed E-state index contributed by atoms with van der Waals surface area (Å²) in [7, 11) is 1.60. The second-order valence-corrected chi connectivity index (χ2v) is 6.84. The van der Waals surface area contributed by atoms with Crippen molar-refractivity contribution in [1.82, 2.24) is 14.7 Å². The molecule has 1 N–H and O–H groups in total. The number of nitrogens with one attached hydrogen (secondary N) is 1. The number of para-hydroxylation sites is 2. The zero-order chi connectivity index (χ0) is 19.2. The molecule has 1 aliphatic heterocycles. The smallest absolute Gasteiger partial charge is 0.287 e. The van der Waals surface area contributed by atoms with Crippen LogP contribution in [-0.2, 0) is 7.05 Å². The number of benzene rings is 1. The van der Waals surface area contributed by atoms with Crippen LogP contribution in [0.1, 0.15) is 6.92 Å². The lowest BCUT2D eigenvalue weighted by Gasteiger charge is -2.36. The van der Waals surface area contributed by atoms with Crippen molar-refractivity contribution in [2.45, 2.75) is 6.92 Å². The molecule has 1 aliphatic rings. The van der Waals surface area contributed by atoms with E-state index < -0.39 is 0 Å². The van der Waals surface area contributed by atoms with Crippen molar-refractivity contribution < 1.29 is 4.74 Å². The van der Waals surface area contributed by atoms with Crippen LogP contribution in [0.5, 0.6) is 5.75 Å². The predicted octanol–water partition coefficient (Wildman–Crippen LogP) is 2.07. The molecule has 27 heavy (non-hydrogen) atoms. The van der Waals surface area contributed by atoms with E-state index in [-0.39, 0.29) is 10.6 Å². The van der Waals surface area contributed by atoms with Crippen LogP contribution < -0.4 is 20.5 Å². The zero-order valence-electron chi connectivity index (χ0n) is 15.8. The van der Waals surface area contributed by atoms with E-state index in [1.807, 2.05) is 31.2 Å². The summed E-state index contributed by atoms with van der Waals surface area (Å²) < 4.78 is 6.90. The molecule has 2 aromatic rings. The number of aromatic nitrogens is 2. The van der Waals surface area contributed by atoms with Gasteiger partial charge in [-0.15, -0.1) is 0 Å². The molecule has 1 saturated heterocycles.